The SMILES string of the molecule is CCCCCOCN(CC)C(=NC)c1cccnc1. The molecule has 0 aromatic carbocycles. The zero-order valence-corrected chi connectivity index (χ0v) is 12.3. The molecule has 0 aliphatic rings. The van der Waals surface area contributed by atoms with Crippen molar-refractivity contribution >= 4 is 5.84 Å². The van der Waals surface area contributed by atoms with E-state index in [0.717, 1.165) is 31.0 Å². The van der Waals surface area contributed by atoms with Crippen molar-refractivity contribution in [2.45, 2.75) is 33.1 Å². The number of hydrogen-bond acceptors (Lipinski definition) is 3. The van der Waals surface area contributed by atoms with Crippen LogP contribution in [-0.4, -0.2) is 42.6 Å². The van der Waals surface area contributed by atoms with Crippen LogP contribution in [0.4, 0.5) is 0 Å². The van der Waals surface area contributed by atoms with Crippen LogP contribution < -0.4 is 0 Å². The van der Waals surface area contributed by atoms with E-state index in [4.69, 9.17) is 4.74 Å². The van der Waals surface area contributed by atoms with Crippen LogP contribution in [0.15, 0.2) is 29.5 Å². The van der Waals surface area contributed by atoms with Gasteiger partial charge in [0.2, 0.25) is 0 Å². The second-order valence-electron chi connectivity index (χ2n) is 4.39. The molecule has 0 bridgehead atoms. The van der Waals surface area contributed by atoms with E-state index in [1.807, 2.05) is 25.4 Å². The summed E-state index contributed by atoms with van der Waals surface area (Å²) in [5, 5.41) is 0. The predicted molar refractivity (Wildman–Crippen MR) is 79.4 cm³/mol. The highest BCUT2D eigenvalue weighted by molar-refractivity contribution is 5.98. The minimum Gasteiger partial charge on any atom is -0.361 e. The molecule has 0 aliphatic heterocycles. The Bertz CT molecular complexity index is 365. The van der Waals surface area contributed by atoms with Gasteiger partial charge in [-0.2, -0.15) is 0 Å². The summed E-state index contributed by atoms with van der Waals surface area (Å²) in [6.45, 7) is 6.57. The number of pyridine rings is 1. The van der Waals surface area contributed by atoms with E-state index in [0.29, 0.717) is 6.73 Å². The van der Waals surface area contributed by atoms with Crippen molar-refractivity contribution in [1.82, 2.24) is 9.88 Å². The van der Waals surface area contributed by atoms with Crippen molar-refractivity contribution in [1.29, 1.82) is 0 Å². The number of hydrogen-bond donors (Lipinski definition) is 0. The van der Waals surface area contributed by atoms with E-state index < -0.39 is 0 Å². The van der Waals surface area contributed by atoms with Crippen molar-refractivity contribution < 1.29 is 4.74 Å². The van der Waals surface area contributed by atoms with Gasteiger partial charge in [-0.25, -0.2) is 0 Å². The van der Waals surface area contributed by atoms with E-state index in [-0.39, 0.29) is 0 Å². The van der Waals surface area contributed by atoms with Crippen LogP contribution in [0.25, 0.3) is 0 Å². The first-order chi connectivity index (χ1) is 9.33. The minimum absolute atomic E-state index is 0.585. The number of aliphatic imine (C=N–C) groups is 1. The number of amidine groups is 1. The third-order valence-electron chi connectivity index (χ3n) is 2.95. The molecule has 0 radical (unpaired) electrons. The van der Waals surface area contributed by atoms with Crippen LogP contribution >= 0.6 is 0 Å². The maximum atomic E-state index is 5.72. The lowest BCUT2D eigenvalue weighted by molar-refractivity contribution is 0.0648. The van der Waals surface area contributed by atoms with Crippen LogP contribution in [0.3, 0.4) is 0 Å². The zero-order chi connectivity index (χ0) is 13.9. The summed E-state index contributed by atoms with van der Waals surface area (Å²) >= 11 is 0. The Morgan fingerprint density at radius 3 is 2.79 bits per heavy atom. The smallest absolute Gasteiger partial charge is 0.134 e. The fourth-order valence-electron chi connectivity index (χ4n) is 1.88. The van der Waals surface area contributed by atoms with E-state index >= 15 is 0 Å². The zero-order valence-electron chi connectivity index (χ0n) is 12.3. The summed E-state index contributed by atoms with van der Waals surface area (Å²) < 4.78 is 5.72. The van der Waals surface area contributed by atoms with Gasteiger partial charge in [0.15, 0.2) is 0 Å². The standard InChI is InChI=1S/C15H25N3O/c1-4-6-7-11-19-13-18(5-2)15(16-3)14-9-8-10-17-12-14/h8-10,12H,4-7,11,13H2,1-3H3. The molecule has 1 heterocycles. The molecule has 0 amide bonds. The van der Waals surface area contributed by atoms with Gasteiger partial charge in [-0.3, -0.25) is 9.98 Å². The molecule has 4 nitrogen and oxygen atoms in total. The molecule has 1 rings (SSSR count). The lowest BCUT2D eigenvalue weighted by atomic mass is 10.2. The lowest BCUT2D eigenvalue weighted by Gasteiger charge is -2.24. The molecule has 106 valence electrons. The third kappa shape index (κ3) is 5.39. The van der Waals surface area contributed by atoms with Crippen LogP contribution in [0.1, 0.15) is 38.7 Å². The summed E-state index contributed by atoms with van der Waals surface area (Å²) in [6, 6.07) is 3.95. The molecule has 0 spiro atoms. The molecule has 4 heteroatoms. The van der Waals surface area contributed by atoms with Gasteiger partial charge in [-0.05, 0) is 25.5 Å². The molecule has 1 aromatic rings. The molecule has 0 aliphatic carbocycles. The van der Waals surface area contributed by atoms with Gasteiger partial charge < -0.3 is 9.64 Å². The summed E-state index contributed by atoms with van der Waals surface area (Å²) in [5.41, 5.74) is 1.03. The third-order valence-corrected chi connectivity index (χ3v) is 2.95. The maximum Gasteiger partial charge on any atom is 0.134 e. The molecule has 0 saturated heterocycles. The Balaban J connectivity index is 2.52. The molecule has 0 N–H and O–H groups in total. The molecule has 19 heavy (non-hydrogen) atoms. The van der Waals surface area contributed by atoms with Crippen LogP contribution in [0.2, 0.25) is 0 Å². The number of rotatable bonds is 8. The molecular formula is C15H25N3O. The van der Waals surface area contributed by atoms with Crippen molar-refractivity contribution in [2.75, 3.05) is 26.9 Å². The van der Waals surface area contributed by atoms with Crippen molar-refractivity contribution in [3.63, 3.8) is 0 Å². The molecule has 0 saturated carbocycles. The summed E-state index contributed by atoms with van der Waals surface area (Å²) in [7, 11) is 1.81. The van der Waals surface area contributed by atoms with Gasteiger partial charge >= 0.3 is 0 Å². The number of ether oxygens (including phenoxy) is 1. The highest BCUT2D eigenvalue weighted by Crippen LogP contribution is 2.05. The number of aromatic nitrogens is 1. The second-order valence-corrected chi connectivity index (χ2v) is 4.39. The molecule has 0 fully saturated rings. The van der Waals surface area contributed by atoms with E-state index in [1.165, 1.54) is 12.8 Å². The topological polar surface area (TPSA) is 37.7 Å². The Kier molecular flexibility index (Phi) is 7.82. The minimum atomic E-state index is 0.585. The van der Waals surface area contributed by atoms with E-state index in [1.54, 1.807) is 6.20 Å². The maximum absolute atomic E-state index is 5.72. The molecular weight excluding hydrogens is 238 g/mol. The first kappa shape index (κ1) is 15.6. The highest BCUT2D eigenvalue weighted by Gasteiger charge is 2.11. The van der Waals surface area contributed by atoms with Crippen molar-refractivity contribution in [3.05, 3.63) is 30.1 Å². The largest absolute Gasteiger partial charge is 0.361 e. The van der Waals surface area contributed by atoms with Gasteiger partial charge in [-0.15, -0.1) is 0 Å². The second kappa shape index (κ2) is 9.50. The van der Waals surface area contributed by atoms with Crippen LogP contribution in [-0.2, 0) is 4.74 Å². The quantitative estimate of drug-likeness (QED) is 0.313. The van der Waals surface area contributed by atoms with Gasteiger partial charge in [-0.1, -0.05) is 19.8 Å². The molecule has 0 atom stereocenters. The molecule has 0 unspecified atom stereocenters. The van der Waals surface area contributed by atoms with Crippen molar-refractivity contribution in [2.24, 2.45) is 4.99 Å². The highest BCUT2D eigenvalue weighted by atomic mass is 16.5. The van der Waals surface area contributed by atoms with E-state index in [2.05, 4.69) is 28.7 Å². The summed E-state index contributed by atoms with van der Waals surface area (Å²) in [5.74, 6) is 0.936. The monoisotopic (exact) mass is 263 g/mol. The number of nitrogens with zero attached hydrogens (tertiary/aromatic N) is 3. The Hall–Kier alpha value is -1.42. The lowest BCUT2D eigenvalue weighted by Crippen LogP contribution is -2.34. The van der Waals surface area contributed by atoms with E-state index in [9.17, 15) is 0 Å². The first-order valence-electron chi connectivity index (χ1n) is 7.03. The van der Waals surface area contributed by atoms with Gasteiger partial charge in [0, 0.05) is 38.2 Å². The van der Waals surface area contributed by atoms with Gasteiger partial charge in [0.25, 0.3) is 0 Å². The Morgan fingerprint density at radius 1 is 1.37 bits per heavy atom. The normalized spacial score (nSPS) is 11.6. The molecule has 1 aromatic heterocycles. The first-order valence-corrected chi connectivity index (χ1v) is 7.03. The van der Waals surface area contributed by atoms with Crippen LogP contribution in [0.5, 0.6) is 0 Å². The fraction of sp³-hybridized carbons (Fsp3) is 0.600. The Morgan fingerprint density at radius 2 is 2.21 bits per heavy atom. The average Bonchev–Trinajstić information content (AvgIpc) is 2.47. The van der Waals surface area contributed by atoms with Crippen molar-refractivity contribution in [3.8, 4) is 0 Å². The average molecular weight is 263 g/mol. The van der Waals surface area contributed by atoms with Crippen LogP contribution in [0, 0.1) is 0 Å². The summed E-state index contributed by atoms with van der Waals surface area (Å²) in [4.78, 5) is 10.6. The predicted octanol–water partition coefficient (Wildman–Crippen LogP) is 2.94. The fourth-order valence-corrected chi connectivity index (χ4v) is 1.88. The Labute approximate surface area is 116 Å². The number of unbranched alkanes of at least 4 members (excludes halogenated alkanes) is 2. The van der Waals surface area contributed by atoms with Gasteiger partial charge in [0.05, 0.1) is 0 Å². The summed E-state index contributed by atoms with van der Waals surface area (Å²) in [6.07, 6.45) is 7.18. The van der Waals surface area contributed by atoms with Gasteiger partial charge in [0.1, 0.15) is 12.6 Å².